The third-order valence-electron chi connectivity index (χ3n) is 3.63. The number of hydrogen-bond donors (Lipinski definition) is 1. The number of halogens is 1. The molecule has 0 aliphatic carbocycles. The van der Waals surface area contributed by atoms with E-state index in [9.17, 15) is 14.3 Å². The first kappa shape index (κ1) is 15.7. The van der Waals surface area contributed by atoms with Crippen molar-refractivity contribution in [3.8, 4) is 5.75 Å². The van der Waals surface area contributed by atoms with Crippen molar-refractivity contribution in [1.29, 1.82) is 0 Å². The average molecular weight is 296 g/mol. The van der Waals surface area contributed by atoms with Gasteiger partial charge in [-0.2, -0.15) is 0 Å². The van der Waals surface area contributed by atoms with Crippen LogP contribution in [0.4, 0.5) is 4.39 Å². The minimum atomic E-state index is -0.778. The molecule has 1 atom stereocenters. The van der Waals surface area contributed by atoms with Crippen LogP contribution in [0.2, 0.25) is 0 Å². The Kier molecular flexibility index (Phi) is 5.14. The van der Waals surface area contributed by atoms with E-state index >= 15 is 0 Å². The van der Waals surface area contributed by atoms with Crippen LogP contribution in [0.25, 0.3) is 0 Å². The molecule has 0 unspecified atom stereocenters. The molecule has 1 aliphatic heterocycles. The highest BCUT2D eigenvalue weighted by molar-refractivity contribution is 5.78. The van der Waals surface area contributed by atoms with Gasteiger partial charge in [0, 0.05) is 37.8 Å². The number of amides is 1. The monoisotopic (exact) mass is 296 g/mol. The first-order valence-corrected chi connectivity index (χ1v) is 7.04. The van der Waals surface area contributed by atoms with Crippen LogP contribution in [0, 0.1) is 5.82 Å². The van der Waals surface area contributed by atoms with Crippen molar-refractivity contribution in [1.82, 2.24) is 9.80 Å². The van der Waals surface area contributed by atoms with Gasteiger partial charge < -0.3 is 19.6 Å². The van der Waals surface area contributed by atoms with Crippen LogP contribution >= 0.6 is 0 Å². The lowest BCUT2D eigenvalue weighted by molar-refractivity contribution is -0.134. The number of rotatable bonds is 4. The van der Waals surface area contributed by atoms with Gasteiger partial charge >= 0.3 is 0 Å². The highest BCUT2D eigenvalue weighted by Crippen LogP contribution is 2.26. The highest BCUT2D eigenvalue weighted by Gasteiger charge is 2.20. The number of aliphatic hydroxyl groups excluding tert-OH is 1. The molecular weight excluding hydrogens is 275 g/mol. The SMILES string of the molecule is C[C@H](O)c1ccc(F)cc1OCC(=O)N1CCN(C)CC1. The van der Waals surface area contributed by atoms with Crippen molar-refractivity contribution < 1.29 is 19.0 Å². The molecular formula is C15H21FN2O3. The zero-order valence-corrected chi connectivity index (χ0v) is 12.4. The number of piperazine rings is 1. The molecule has 1 fully saturated rings. The molecule has 2 rings (SSSR count). The van der Waals surface area contributed by atoms with Crippen molar-refractivity contribution in [2.24, 2.45) is 0 Å². The van der Waals surface area contributed by atoms with Crippen LogP contribution in [0.15, 0.2) is 18.2 Å². The molecule has 0 radical (unpaired) electrons. The summed E-state index contributed by atoms with van der Waals surface area (Å²) < 4.78 is 18.7. The Balaban J connectivity index is 1.96. The van der Waals surface area contributed by atoms with E-state index in [2.05, 4.69) is 4.90 Å². The highest BCUT2D eigenvalue weighted by atomic mass is 19.1. The van der Waals surface area contributed by atoms with Gasteiger partial charge in [0.25, 0.3) is 5.91 Å². The molecule has 116 valence electrons. The molecule has 5 nitrogen and oxygen atoms in total. The van der Waals surface area contributed by atoms with E-state index in [0.717, 1.165) is 13.1 Å². The van der Waals surface area contributed by atoms with Gasteiger partial charge in [-0.3, -0.25) is 4.79 Å². The smallest absolute Gasteiger partial charge is 0.260 e. The summed E-state index contributed by atoms with van der Waals surface area (Å²) in [6.45, 7) is 4.45. The maximum Gasteiger partial charge on any atom is 0.260 e. The number of carbonyl (C=O) groups excluding carboxylic acids is 1. The summed E-state index contributed by atoms with van der Waals surface area (Å²) in [7, 11) is 2.01. The van der Waals surface area contributed by atoms with Gasteiger partial charge in [0.15, 0.2) is 6.61 Å². The lowest BCUT2D eigenvalue weighted by Crippen LogP contribution is -2.48. The minimum Gasteiger partial charge on any atom is -0.483 e. The number of carbonyl (C=O) groups is 1. The standard InChI is InChI=1S/C15H21FN2O3/c1-11(19)13-4-3-12(16)9-14(13)21-10-15(20)18-7-5-17(2)6-8-18/h3-4,9,11,19H,5-8,10H2,1-2H3/t11-/m0/s1. The van der Waals surface area contributed by atoms with Crippen molar-refractivity contribution in [2.75, 3.05) is 39.8 Å². The molecule has 1 aliphatic rings. The fourth-order valence-corrected chi connectivity index (χ4v) is 2.26. The van der Waals surface area contributed by atoms with Crippen LogP contribution in [0.5, 0.6) is 5.75 Å². The second-order valence-electron chi connectivity index (χ2n) is 5.33. The Morgan fingerprint density at radius 2 is 2.05 bits per heavy atom. The molecule has 0 aromatic heterocycles. The molecule has 1 saturated heterocycles. The molecule has 21 heavy (non-hydrogen) atoms. The largest absolute Gasteiger partial charge is 0.483 e. The number of likely N-dealkylation sites (N-methyl/N-ethyl adjacent to an activating group) is 1. The Morgan fingerprint density at radius 1 is 1.38 bits per heavy atom. The van der Waals surface area contributed by atoms with Crippen molar-refractivity contribution in [2.45, 2.75) is 13.0 Å². The maximum atomic E-state index is 13.3. The van der Waals surface area contributed by atoms with Crippen molar-refractivity contribution >= 4 is 5.91 Å². The lowest BCUT2D eigenvalue weighted by Gasteiger charge is -2.32. The predicted molar refractivity (Wildman–Crippen MR) is 76.6 cm³/mol. The Labute approximate surface area is 123 Å². The van der Waals surface area contributed by atoms with E-state index in [-0.39, 0.29) is 18.3 Å². The van der Waals surface area contributed by atoms with Gasteiger partial charge in [-0.05, 0) is 26.1 Å². The Morgan fingerprint density at radius 3 is 2.67 bits per heavy atom. The zero-order valence-electron chi connectivity index (χ0n) is 12.4. The first-order chi connectivity index (χ1) is 9.97. The van der Waals surface area contributed by atoms with E-state index in [1.54, 1.807) is 11.8 Å². The van der Waals surface area contributed by atoms with E-state index in [1.807, 2.05) is 7.05 Å². The lowest BCUT2D eigenvalue weighted by atomic mass is 10.1. The summed E-state index contributed by atoms with van der Waals surface area (Å²) in [6, 6.07) is 3.92. The molecule has 1 amide bonds. The molecule has 6 heteroatoms. The van der Waals surface area contributed by atoms with Crippen LogP contribution < -0.4 is 4.74 Å². The quantitative estimate of drug-likeness (QED) is 0.902. The van der Waals surface area contributed by atoms with Crippen LogP contribution in [0.1, 0.15) is 18.6 Å². The number of benzene rings is 1. The van der Waals surface area contributed by atoms with Gasteiger partial charge in [0.1, 0.15) is 11.6 Å². The summed E-state index contributed by atoms with van der Waals surface area (Å²) in [5.74, 6) is -0.363. The van der Waals surface area contributed by atoms with Crippen LogP contribution in [-0.2, 0) is 4.79 Å². The van der Waals surface area contributed by atoms with Crippen molar-refractivity contribution in [3.05, 3.63) is 29.6 Å². The third kappa shape index (κ3) is 4.15. The molecule has 1 heterocycles. The van der Waals surface area contributed by atoms with E-state index in [1.165, 1.54) is 18.2 Å². The predicted octanol–water partition coefficient (Wildman–Crippen LogP) is 1.03. The van der Waals surface area contributed by atoms with Gasteiger partial charge in [-0.1, -0.05) is 0 Å². The van der Waals surface area contributed by atoms with Crippen molar-refractivity contribution in [3.63, 3.8) is 0 Å². The summed E-state index contributed by atoms with van der Waals surface area (Å²) in [5.41, 5.74) is 0.475. The van der Waals surface area contributed by atoms with Gasteiger partial charge in [0.05, 0.1) is 6.10 Å². The van der Waals surface area contributed by atoms with Gasteiger partial charge in [-0.15, -0.1) is 0 Å². The third-order valence-corrected chi connectivity index (χ3v) is 3.63. The molecule has 0 saturated carbocycles. The Hall–Kier alpha value is -1.66. The first-order valence-electron chi connectivity index (χ1n) is 7.04. The number of ether oxygens (including phenoxy) is 1. The number of aliphatic hydroxyl groups is 1. The summed E-state index contributed by atoms with van der Waals surface area (Å²) in [5, 5.41) is 9.64. The molecule has 0 bridgehead atoms. The Bertz CT molecular complexity index is 500. The zero-order chi connectivity index (χ0) is 15.4. The van der Waals surface area contributed by atoms with Crippen LogP contribution in [-0.4, -0.2) is 60.6 Å². The fourth-order valence-electron chi connectivity index (χ4n) is 2.26. The summed E-state index contributed by atoms with van der Waals surface area (Å²) >= 11 is 0. The second kappa shape index (κ2) is 6.87. The summed E-state index contributed by atoms with van der Waals surface area (Å²) in [4.78, 5) is 16.0. The summed E-state index contributed by atoms with van der Waals surface area (Å²) in [6.07, 6.45) is -0.778. The molecule has 0 spiro atoms. The number of hydrogen-bond acceptors (Lipinski definition) is 4. The van der Waals surface area contributed by atoms with Gasteiger partial charge in [-0.25, -0.2) is 4.39 Å². The normalized spacial score (nSPS) is 17.6. The van der Waals surface area contributed by atoms with Gasteiger partial charge in [0.2, 0.25) is 0 Å². The molecule has 1 aromatic carbocycles. The number of nitrogens with zero attached hydrogens (tertiary/aromatic N) is 2. The molecule has 1 aromatic rings. The van der Waals surface area contributed by atoms with E-state index in [0.29, 0.717) is 18.7 Å². The van der Waals surface area contributed by atoms with E-state index < -0.39 is 11.9 Å². The second-order valence-corrected chi connectivity index (χ2v) is 5.33. The topological polar surface area (TPSA) is 53.0 Å². The average Bonchev–Trinajstić information content (AvgIpc) is 2.45. The van der Waals surface area contributed by atoms with Crippen LogP contribution in [0.3, 0.4) is 0 Å². The minimum absolute atomic E-state index is 0.121. The molecule has 1 N–H and O–H groups in total. The maximum absolute atomic E-state index is 13.3. The fraction of sp³-hybridized carbons (Fsp3) is 0.533. The van der Waals surface area contributed by atoms with E-state index in [4.69, 9.17) is 4.74 Å².